The Morgan fingerprint density at radius 3 is 2.45 bits per heavy atom. The number of rotatable bonds is 4. The zero-order valence-electron chi connectivity index (χ0n) is 11.6. The third-order valence-electron chi connectivity index (χ3n) is 3.11. The van der Waals surface area contributed by atoms with Crippen molar-refractivity contribution in [1.29, 1.82) is 0 Å². The number of benzene rings is 2. The van der Waals surface area contributed by atoms with Crippen LogP contribution in [0.5, 0.6) is 0 Å². The van der Waals surface area contributed by atoms with E-state index in [1.165, 1.54) is 18.5 Å². The Morgan fingerprint density at radius 1 is 1.09 bits per heavy atom. The van der Waals surface area contributed by atoms with Crippen molar-refractivity contribution in [2.45, 2.75) is 6.42 Å². The van der Waals surface area contributed by atoms with Crippen LogP contribution in [0.3, 0.4) is 0 Å². The lowest BCUT2D eigenvalue weighted by molar-refractivity contribution is -0.115. The average Bonchev–Trinajstić information content (AvgIpc) is 3.05. The molecule has 0 saturated carbocycles. The maximum absolute atomic E-state index is 12.8. The second kappa shape index (κ2) is 6.17. The monoisotopic (exact) mass is 296 g/mol. The van der Waals surface area contributed by atoms with Gasteiger partial charge in [-0.15, -0.1) is 0 Å². The molecule has 3 rings (SSSR count). The van der Waals surface area contributed by atoms with E-state index in [9.17, 15) is 9.18 Å². The molecule has 0 bridgehead atoms. The van der Waals surface area contributed by atoms with Gasteiger partial charge in [0.1, 0.15) is 18.5 Å². The average molecular weight is 296 g/mol. The Kier molecular flexibility index (Phi) is 3.91. The second-order valence-corrected chi connectivity index (χ2v) is 4.74. The van der Waals surface area contributed by atoms with Crippen LogP contribution in [0.4, 0.5) is 10.1 Å². The van der Waals surface area contributed by atoms with Gasteiger partial charge in [0.2, 0.25) is 5.91 Å². The van der Waals surface area contributed by atoms with Gasteiger partial charge in [-0.2, -0.15) is 5.10 Å². The molecule has 6 heteroatoms. The Hall–Kier alpha value is -3.02. The summed E-state index contributed by atoms with van der Waals surface area (Å²) in [5, 5.41) is 6.83. The van der Waals surface area contributed by atoms with Crippen LogP contribution >= 0.6 is 0 Å². The van der Waals surface area contributed by atoms with E-state index in [4.69, 9.17) is 0 Å². The van der Waals surface area contributed by atoms with E-state index in [1.54, 1.807) is 35.3 Å². The molecule has 0 aliphatic carbocycles. The number of halogens is 1. The van der Waals surface area contributed by atoms with Crippen LogP contribution in [0.2, 0.25) is 0 Å². The molecule has 1 N–H and O–H groups in total. The summed E-state index contributed by atoms with van der Waals surface area (Å²) in [6.07, 6.45) is 3.26. The first-order chi connectivity index (χ1) is 10.7. The summed E-state index contributed by atoms with van der Waals surface area (Å²) in [4.78, 5) is 15.8. The molecule has 1 amide bonds. The van der Waals surface area contributed by atoms with Crippen LogP contribution < -0.4 is 5.32 Å². The molecule has 5 nitrogen and oxygen atoms in total. The van der Waals surface area contributed by atoms with Crippen molar-refractivity contribution < 1.29 is 9.18 Å². The minimum atomic E-state index is -0.312. The van der Waals surface area contributed by atoms with Crippen LogP contribution in [0, 0.1) is 5.82 Å². The Balaban J connectivity index is 1.63. The molecule has 0 aliphatic rings. The summed E-state index contributed by atoms with van der Waals surface area (Å²) in [6.45, 7) is 0. The summed E-state index contributed by atoms with van der Waals surface area (Å²) < 4.78 is 14.4. The summed E-state index contributed by atoms with van der Waals surface area (Å²) in [5.74, 6) is -0.465. The van der Waals surface area contributed by atoms with Gasteiger partial charge >= 0.3 is 0 Å². The molecule has 0 fully saturated rings. The van der Waals surface area contributed by atoms with Crippen molar-refractivity contribution >= 4 is 11.6 Å². The van der Waals surface area contributed by atoms with Crippen molar-refractivity contribution in [3.8, 4) is 5.69 Å². The molecule has 3 aromatic rings. The zero-order chi connectivity index (χ0) is 15.4. The van der Waals surface area contributed by atoms with Crippen LogP contribution in [-0.2, 0) is 11.2 Å². The van der Waals surface area contributed by atoms with Gasteiger partial charge in [-0.05, 0) is 42.0 Å². The predicted molar refractivity (Wildman–Crippen MR) is 80.1 cm³/mol. The minimum Gasteiger partial charge on any atom is -0.326 e. The van der Waals surface area contributed by atoms with Crippen LogP contribution in [0.1, 0.15) is 5.56 Å². The van der Waals surface area contributed by atoms with Gasteiger partial charge in [0.05, 0.1) is 12.1 Å². The number of carbonyl (C=O) groups excluding carboxylic acids is 1. The van der Waals surface area contributed by atoms with E-state index in [0.717, 1.165) is 11.3 Å². The van der Waals surface area contributed by atoms with Crippen molar-refractivity contribution in [3.63, 3.8) is 0 Å². The van der Waals surface area contributed by atoms with E-state index in [2.05, 4.69) is 15.4 Å². The highest BCUT2D eigenvalue weighted by Gasteiger charge is 2.05. The number of nitrogens with one attached hydrogen (secondary N) is 1. The van der Waals surface area contributed by atoms with Gasteiger partial charge in [0.15, 0.2) is 0 Å². The van der Waals surface area contributed by atoms with Crippen molar-refractivity contribution in [1.82, 2.24) is 14.8 Å². The first kappa shape index (κ1) is 13.9. The lowest BCUT2D eigenvalue weighted by Gasteiger charge is -2.07. The van der Waals surface area contributed by atoms with Crippen molar-refractivity contribution in [2.24, 2.45) is 0 Å². The highest BCUT2D eigenvalue weighted by atomic mass is 19.1. The molecule has 0 atom stereocenters. The van der Waals surface area contributed by atoms with Crippen molar-refractivity contribution in [3.05, 3.63) is 72.6 Å². The maximum Gasteiger partial charge on any atom is 0.228 e. The fourth-order valence-corrected chi connectivity index (χ4v) is 2.03. The largest absolute Gasteiger partial charge is 0.326 e. The number of hydrogen-bond donors (Lipinski definition) is 1. The molecule has 0 unspecified atom stereocenters. The lowest BCUT2D eigenvalue weighted by Crippen LogP contribution is -2.14. The molecule has 2 aromatic carbocycles. The third-order valence-corrected chi connectivity index (χ3v) is 3.11. The second-order valence-electron chi connectivity index (χ2n) is 4.74. The number of amides is 1. The smallest absolute Gasteiger partial charge is 0.228 e. The highest BCUT2D eigenvalue weighted by molar-refractivity contribution is 5.92. The number of anilines is 1. The normalized spacial score (nSPS) is 10.4. The summed E-state index contributed by atoms with van der Waals surface area (Å²) in [5.41, 5.74) is 2.31. The van der Waals surface area contributed by atoms with Gasteiger partial charge in [-0.3, -0.25) is 4.79 Å². The summed E-state index contributed by atoms with van der Waals surface area (Å²) in [6, 6.07) is 13.1. The number of hydrogen-bond acceptors (Lipinski definition) is 3. The van der Waals surface area contributed by atoms with Gasteiger partial charge in [0, 0.05) is 5.69 Å². The molecule has 0 aliphatic heterocycles. The molecule has 22 heavy (non-hydrogen) atoms. The van der Waals surface area contributed by atoms with E-state index in [0.29, 0.717) is 5.69 Å². The Labute approximate surface area is 126 Å². The summed E-state index contributed by atoms with van der Waals surface area (Å²) in [7, 11) is 0. The molecule has 1 aromatic heterocycles. The number of carbonyl (C=O) groups is 1. The maximum atomic E-state index is 12.8. The van der Waals surface area contributed by atoms with Crippen LogP contribution in [-0.4, -0.2) is 20.7 Å². The van der Waals surface area contributed by atoms with E-state index in [1.807, 2.05) is 12.1 Å². The lowest BCUT2D eigenvalue weighted by atomic mass is 10.1. The molecule has 0 radical (unpaired) electrons. The Bertz CT molecular complexity index is 752. The molecule has 110 valence electrons. The molecule has 1 heterocycles. The van der Waals surface area contributed by atoms with E-state index < -0.39 is 0 Å². The van der Waals surface area contributed by atoms with Crippen LogP contribution in [0.15, 0.2) is 61.2 Å². The molecule has 0 saturated heterocycles. The minimum absolute atomic E-state index is 0.153. The van der Waals surface area contributed by atoms with Gasteiger partial charge in [0.25, 0.3) is 0 Å². The number of nitrogens with zero attached hydrogens (tertiary/aromatic N) is 3. The van der Waals surface area contributed by atoms with Gasteiger partial charge in [-0.25, -0.2) is 14.1 Å². The van der Waals surface area contributed by atoms with Crippen LogP contribution in [0.25, 0.3) is 5.69 Å². The molecule has 0 spiro atoms. The number of aromatic nitrogens is 3. The topological polar surface area (TPSA) is 59.8 Å². The summed E-state index contributed by atoms with van der Waals surface area (Å²) >= 11 is 0. The quantitative estimate of drug-likeness (QED) is 0.805. The first-order valence-corrected chi connectivity index (χ1v) is 6.70. The standard InChI is InChI=1S/C16H13FN4O/c17-13-3-1-12(2-4-13)9-16(22)20-14-5-7-15(8-6-14)21-11-18-10-19-21/h1-8,10-11H,9H2,(H,20,22). The highest BCUT2D eigenvalue weighted by Crippen LogP contribution is 2.13. The molecular weight excluding hydrogens is 283 g/mol. The fraction of sp³-hybridized carbons (Fsp3) is 0.0625. The van der Waals surface area contributed by atoms with Gasteiger partial charge < -0.3 is 5.32 Å². The zero-order valence-corrected chi connectivity index (χ0v) is 11.6. The van der Waals surface area contributed by atoms with E-state index in [-0.39, 0.29) is 18.1 Å². The van der Waals surface area contributed by atoms with E-state index >= 15 is 0 Å². The van der Waals surface area contributed by atoms with Gasteiger partial charge in [-0.1, -0.05) is 12.1 Å². The SMILES string of the molecule is O=C(Cc1ccc(F)cc1)Nc1ccc(-n2cncn2)cc1. The molecular formula is C16H13FN4O. The predicted octanol–water partition coefficient (Wildman–Crippen LogP) is 2.59. The fourth-order valence-electron chi connectivity index (χ4n) is 2.03. The first-order valence-electron chi connectivity index (χ1n) is 6.70. The Morgan fingerprint density at radius 2 is 1.82 bits per heavy atom. The van der Waals surface area contributed by atoms with Crippen molar-refractivity contribution in [2.75, 3.05) is 5.32 Å². The third kappa shape index (κ3) is 3.35.